The molecule has 0 unspecified atom stereocenters. The van der Waals surface area contributed by atoms with Crippen LogP contribution in [0, 0.1) is 25.5 Å². The lowest BCUT2D eigenvalue weighted by Gasteiger charge is -2.32. The van der Waals surface area contributed by atoms with E-state index in [1.54, 1.807) is 0 Å². The molecule has 0 spiro atoms. The third-order valence-electron chi connectivity index (χ3n) is 6.41. The SMILES string of the molecule is Cc1cc(S(=O)(=O)N2C(=O)c3ccccc3N(S(=O)(=O)c3ccc(F)c(C)c3)C(=O)c3ccccc32)ccc1F. The molecule has 4 aromatic rings. The lowest BCUT2D eigenvalue weighted by Crippen LogP contribution is -2.45. The van der Waals surface area contributed by atoms with E-state index in [1.807, 2.05) is 0 Å². The summed E-state index contributed by atoms with van der Waals surface area (Å²) in [6.07, 6.45) is 0. The second-order valence-corrected chi connectivity index (χ2v) is 12.6. The number of aryl methyl sites for hydroxylation is 2. The number of hydrogen-bond acceptors (Lipinski definition) is 6. The van der Waals surface area contributed by atoms with Crippen molar-refractivity contribution in [1.29, 1.82) is 0 Å². The molecule has 40 heavy (non-hydrogen) atoms. The van der Waals surface area contributed by atoms with E-state index in [2.05, 4.69) is 0 Å². The minimum atomic E-state index is -4.73. The number of benzene rings is 4. The van der Waals surface area contributed by atoms with Gasteiger partial charge in [-0.1, -0.05) is 24.3 Å². The third kappa shape index (κ3) is 4.25. The lowest BCUT2D eigenvalue weighted by atomic mass is 10.1. The molecule has 4 aromatic carbocycles. The van der Waals surface area contributed by atoms with Gasteiger partial charge in [0.15, 0.2) is 0 Å². The van der Waals surface area contributed by atoms with Crippen molar-refractivity contribution >= 4 is 43.2 Å². The van der Waals surface area contributed by atoms with Gasteiger partial charge in [-0.3, -0.25) is 9.59 Å². The van der Waals surface area contributed by atoms with E-state index in [0.29, 0.717) is 8.61 Å². The van der Waals surface area contributed by atoms with E-state index in [9.17, 15) is 35.2 Å². The summed E-state index contributed by atoms with van der Waals surface area (Å²) in [5, 5.41) is 0. The molecule has 0 aliphatic carbocycles. The molecule has 0 saturated carbocycles. The van der Waals surface area contributed by atoms with Gasteiger partial charge in [-0.15, -0.1) is 0 Å². The van der Waals surface area contributed by atoms with Crippen molar-refractivity contribution in [3.63, 3.8) is 0 Å². The Balaban J connectivity index is 1.80. The highest BCUT2D eigenvalue weighted by atomic mass is 32.2. The number of sulfonamides is 2. The third-order valence-corrected chi connectivity index (χ3v) is 9.80. The minimum absolute atomic E-state index is 0.0113. The first kappa shape index (κ1) is 27.2. The summed E-state index contributed by atoms with van der Waals surface area (Å²) in [5.41, 5.74) is -1.59. The van der Waals surface area contributed by atoms with Crippen LogP contribution in [-0.2, 0) is 20.0 Å². The van der Waals surface area contributed by atoms with E-state index < -0.39 is 75.8 Å². The first-order valence-electron chi connectivity index (χ1n) is 11.8. The number of amides is 2. The summed E-state index contributed by atoms with van der Waals surface area (Å²) in [6.45, 7) is 2.71. The number of para-hydroxylation sites is 2. The summed E-state index contributed by atoms with van der Waals surface area (Å²) in [4.78, 5) is 27.2. The van der Waals surface area contributed by atoms with E-state index >= 15 is 0 Å². The number of carbonyl (C=O) groups excluding carboxylic acids is 2. The zero-order chi connectivity index (χ0) is 29.0. The molecule has 2 amide bonds. The van der Waals surface area contributed by atoms with Gasteiger partial charge in [0.1, 0.15) is 11.6 Å². The van der Waals surface area contributed by atoms with Crippen molar-refractivity contribution in [3.8, 4) is 0 Å². The fourth-order valence-corrected chi connectivity index (χ4v) is 7.37. The minimum Gasteiger partial charge on any atom is -0.267 e. The van der Waals surface area contributed by atoms with Crippen molar-refractivity contribution in [2.45, 2.75) is 23.6 Å². The van der Waals surface area contributed by atoms with Gasteiger partial charge >= 0.3 is 0 Å². The molecule has 0 fully saturated rings. The molecule has 0 aromatic heterocycles. The second kappa shape index (κ2) is 9.65. The van der Waals surface area contributed by atoms with Crippen molar-refractivity contribution < 1.29 is 35.2 Å². The Morgan fingerprint density at radius 1 is 0.550 bits per heavy atom. The lowest BCUT2D eigenvalue weighted by molar-refractivity contribution is 0.0996. The van der Waals surface area contributed by atoms with Crippen LogP contribution in [0.5, 0.6) is 0 Å². The molecular weight excluding hydrogens is 562 g/mol. The number of halogens is 2. The largest absolute Gasteiger partial charge is 0.274 e. The van der Waals surface area contributed by atoms with Crippen LogP contribution in [0.15, 0.2) is 94.7 Å². The van der Waals surface area contributed by atoms with E-state index in [0.717, 1.165) is 36.4 Å². The summed E-state index contributed by atoms with van der Waals surface area (Å²) in [7, 11) is -9.46. The Labute approximate surface area is 229 Å². The van der Waals surface area contributed by atoms with Gasteiger partial charge in [-0.25, -0.2) is 25.6 Å². The predicted octanol–water partition coefficient (Wildman–Crippen LogP) is 4.97. The van der Waals surface area contributed by atoms with Crippen molar-refractivity contribution in [1.82, 2.24) is 0 Å². The maximum absolute atomic E-state index is 14.0. The first-order chi connectivity index (χ1) is 18.9. The van der Waals surface area contributed by atoms with E-state index in [-0.39, 0.29) is 11.1 Å². The average Bonchev–Trinajstić information content (AvgIpc) is 2.91. The molecule has 0 bridgehead atoms. The zero-order valence-corrected chi connectivity index (χ0v) is 22.6. The zero-order valence-electron chi connectivity index (χ0n) is 21.0. The normalized spacial score (nSPS) is 13.9. The summed E-state index contributed by atoms with van der Waals surface area (Å²) < 4.78 is 84.2. The monoisotopic (exact) mass is 582 g/mol. The molecule has 0 N–H and O–H groups in total. The number of hydrogen-bond donors (Lipinski definition) is 0. The summed E-state index contributed by atoms with van der Waals surface area (Å²) in [5.74, 6) is -3.60. The van der Waals surface area contributed by atoms with Crippen LogP contribution in [0.2, 0.25) is 0 Å². The second-order valence-electron chi connectivity index (χ2n) is 9.01. The van der Waals surface area contributed by atoms with Crippen LogP contribution in [-0.4, -0.2) is 28.6 Å². The summed E-state index contributed by atoms with van der Waals surface area (Å²) in [6, 6.07) is 16.3. The molecular formula is C28H20F2N2O6S2. The van der Waals surface area contributed by atoms with Gasteiger partial charge in [0.05, 0.1) is 32.3 Å². The molecule has 5 rings (SSSR count). The first-order valence-corrected chi connectivity index (χ1v) is 14.6. The maximum Gasteiger partial charge on any atom is 0.274 e. The Hall–Kier alpha value is -4.42. The van der Waals surface area contributed by atoms with Crippen LogP contribution >= 0.6 is 0 Å². The van der Waals surface area contributed by atoms with Crippen molar-refractivity contribution in [3.05, 3.63) is 119 Å². The molecule has 1 aliphatic rings. The molecule has 12 heteroatoms. The van der Waals surface area contributed by atoms with Crippen LogP contribution in [0.25, 0.3) is 0 Å². The molecule has 1 heterocycles. The Kier molecular flexibility index (Phi) is 6.55. The Morgan fingerprint density at radius 3 is 1.25 bits per heavy atom. The number of carbonyl (C=O) groups is 2. The van der Waals surface area contributed by atoms with Gasteiger partial charge in [0, 0.05) is 0 Å². The predicted molar refractivity (Wildman–Crippen MR) is 143 cm³/mol. The Morgan fingerprint density at radius 2 is 0.900 bits per heavy atom. The summed E-state index contributed by atoms with van der Waals surface area (Å²) >= 11 is 0. The smallest absolute Gasteiger partial charge is 0.267 e. The van der Waals surface area contributed by atoms with Gasteiger partial charge in [0.2, 0.25) is 0 Å². The van der Waals surface area contributed by atoms with Gasteiger partial charge < -0.3 is 0 Å². The standard InChI is InChI=1S/C28H20F2N2O6S2/c1-17-15-19(11-13-23(17)29)39(35,36)31-25-9-5-3-7-21(25)28(34)32(26-10-6-4-8-22(26)27(31)33)40(37,38)20-12-14-24(30)18(2)16-20/h3-16H,1-2H3. The van der Waals surface area contributed by atoms with Crippen molar-refractivity contribution in [2.24, 2.45) is 0 Å². The van der Waals surface area contributed by atoms with E-state index in [4.69, 9.17) is 0 Å². The molecule has 0 radical (unpaired) electrons. The van der Waals surface area contributed by atoms with Gasteiger partial charge in [-0.2, -0.15) is 8.61 Å². The molecule has 8 nitrogen and oxygen atoms in total. The maximum atomic E-state index is 14.0. The molecule has 204 valence electrons. The molecule has 0 atom stereocenters. The molecule has 1 aliphatic heterocycles. The van der Waals surface area contributed by atoms with Crippen LogP contribution in [0.1, 0.15) is 31.8 Å². The number of fused-ring (bicyclic) bond motifs is 2. The highest BCUT2D eigenvalue weighted by Gasteiger charge is 2.43. The van der Waals surface area contributed by atoms with Crippen LogP contribution < -0.4 is 8.61 Å². The Bertz CT molecular complexity index is 1800. The van der Waals surface area contributed by atoms with Crippen LogP contribution in [0.4, 0.5) is 20.2 Å². The topological polar surface area (TPSA) is 109 Å². The fraction of sp³-hybridized carbons (Fsp3) is 0.0714. The quantitative estimate of drug-likeness (QED) is 0.336. The number of rotatable bonds is 4. The fourth-order valence-electron chi connectivity index (χ4n) is 4.34. The van der Waals surface area contributed by atoms with E-state index in [1.165, 1.54) is 62.4 Å². The van der Waals surface area contributed by atoms with Gasteiger partial charge in [-0.05, 0) is 85.6 Å². The number of nitrogens with zero attached hydrogens (tertiary/aromatic N) is 2. The van der Waals surface area contributed by atoms with Crippen LogP contribution in [0.3, 0.4) is 0 Å². The highest BCUT2D eigenvalue weighted by Crippen LogP contribution is 2.38. The average molecular weight is 583 g/mol. The highest BCUT2D eigenvalue weighted by molar-refractivity contribution is 7.94. The van der Waals surface area contributed by atoms with Crippen molar-refractivity contribution in [2.75, 3.05) is 8.61 Å². The number of anilines is 2. The molecule has 0 saturated heterocycles. The van der Waals surface area contributed by atoms with Gasteiger partial charge in [0.25, 0.3) is 31.9 Å².